The van der Waals surface area contributed by atoms with Crippen LogP contribution in [-0.2, 0) is 10.2 Å². The SMILES string of the molecule is CCC[C@@]1(NC(=O)c2ccc(OCC3(C)CC(C)=Nc4ccccc43)cc2)C[C@H](CC(=O)NO)CCN1CC. The van der Waals surface area contributed by atoms with Crippen LogP contribution in [0, 0.1) is 5.92 Å². The van der Waals surface area contributed by atoms with Gasteiger partial charge in [0.2, 0.25) is 5.91 Å². The van der Waals surface area contributed by atoms with E-state index in [0.29, 0.717) is 18.6 Å². The molecule has 3 atom stereocenters. The number of amides is 2. The quantitative estimate of drug-likeness (QED) is 0.281. The van der Waals surface area contributed by atoms with Gasteiger partial charge >= 0.3 is 0 Å². The Labute approximate surface area is 231 Å². The Morgan fingerprint density at radius 3 is 2.59 bits per heavy atom. The predicted molar refractivity (Wildman–Crippen MR) is 153 cm³/mol. The number of carbonyl (C=O) groups excluding carboxylic acids is 2. The summed E-state index contributed by atoms with van der Waals surface area (Å²) in [6.45, 7) is 10.6. The van der Waals surface area contributed by atoms with Gasteiger partial charge in [-0.15, -0.1) is 0 Å². The lowest BCUT2D eigenvalue weighted by Gasteiger charge is -2.50. The molecule has 2 heterocycles. The summed E-state index contributed by atoms with van der Waals surface area (Å²) < 4.78 is 6.24. The molecule has 0 radical (unpaired) electrons. The topological polar surface area (TPSA) is 103 Å². The third-order valence-corrected chi connectivity index (χ3v) is 8.21. The molecule has 2 amide bonds. The molecule has 39 heavy (non-hydrogen) atoms. The molecule has 1 saturated heterocycles. The maximum atomic E-state index is 13.5. The molecule has 0 spiro atoms. The highest BCUT2D eigenvalue weighted by Gasteiger charge is 2.42. The summed E-state index contributed by atoms with van der Waals surface area (Å²) in [5.41, 5.74) is 4.90. The van der Waals surface area contributed by atoms with Gasteiger partial charge in [0, 0.05) is 29.7 Å². The standard InChI is InChI=1S/C31H42N4O4/c1-5-16-31(20-23(18-28(36)34-38)15-17-35(31)6-2)33-29(37)24-11-13-25(14-12-24)39-21-30(4)19-22(3)32-27-10-8-7-9-26(27)30/h7-14,23,38H,5-6,15-21H2,1-4H3,(H,33,37)(H,34,36)/t23-,30?,31-/m0/s1. The predicted octanol–water partition coefficient (Wildman–Crippen LogP) is 5.37. The second-order valence-electron chi connectivity index (χ2n) is 11.3. The number of aliphatic imine (C=N–C) groups is 1. The summed E-state index contributed by atoms with van der Waals surface area (Å²) in [4.78, 5) is 32.3. The van der Waals surface area contributed by atoms with Crippen LogP contribution >= 0.6 is 0 Å². The zero-order valence-corrected chi connectivity index (χ0v) is 23.6. The number of ether oxygens (including phenoxy) is 1. The highest BCUT2D eigenvalue weighted by atomic mass is 16.5. The van der Waals surface area contributed by atoms with E-state index < -0.39 is 5.66 Å². The second kappa shape index (κ2) is 12.3. The van der Waals surface area contributed by atoms with E-state index in [2.05, 4.69) is 44.0 Å². The van der Waals surface area contributed by atoms with Gasteiger partial charge in [-0.25, -0.2) is 5.48 Å². The van der Waals surface area contributed by atoms with Gasteiger partial charge in [0.05, 0.1) is 18.0 Å². The summed E-state index contributed by atoms with van der Waals surface area (Å²) in [5, 5.41) is 12.3. The van der Waals surface area contributed by atoms with E-state index in [-0.39, 0.29) is 29.6 Å². The highest BCUT2D eigenvalue weighted by Crippen LogP contribution is 2.40. The number of benzene rings is 2. The molecule has 2 aliphatic heterocycles. The molecule has 2 aromatic carbocycles. The molecule has 0 bridgehead atoms. The highest BCUT2D eigenvalue weighted by molar-refractivity contribution is 5.94. The smallest absolute Gasteiger partial charge is 0.252 e. The molecule has 8 heteroatoms. The number of carbonyl (C=O) groups is 2. The van der Waals surface area contributed by atoms with Gasteiger partial charge in [0.15, 0.2) is 0 Å². The number of piperidine rings is 1. The minimum atomic E-state index is -0.531. The molecule has 3 N–H and O–H groups in total. The molecule has 0 aliphatic carbocycles. The van der Waals surface area contributed by atoms with Crippen LogP contribution in [-0.4, -0.2) is 53.0 Å². The molecule has 1 unspecified atom stereocenters. The summed E-state index contributed by atoms with van der Waals surface area (Å²) in [6, 6.07) is 15.6. The second-order valence-corrected chi connectivity index (χ2v) is 11.3. The van der Waals surface area contributed by atoms with Crippen LogP contribution in [0.4, 0.5) is 5.69 Å². The van der Waals surface area contributed by atoms with Gasteiger partial charge < -0.3 is 10.1 Å². The Kier molecular flexibility index (Phi) is 9.08. The van der Waals surface area contributed by atoms with Gasteiger partial charge in [0.25, 0.3) is 5.91 Å². The van der Waals surface area contributed by atoms with E-state index >= 15 is 0 Å². The Morgan fingerprint density at radius 1 is 1.15 bits per heavy atom. The Bertz CT molecular complexity index is 1200. The molecular formula is C31H42N4O4. The van der Waals surface area contributed by atoms with Crippen molar-refractivity contribution < 1.29 is 19.5 Å². The lowest BCUT2D eigenvalue weighted by molar-refractivity contribution is -0.131. The number of hydrogen-bond acceptors (Lipinski definition) is 6. The van der Waals surface area contributed by atoms with E-state index in [0.717, 1.165) is 55.9 Å². The molecule has 4 rings (SSSR count). The summed E-state index contributed by atoms with van der Waals surface area (Å²) in [6.07, 6.45) is 4.28. The van der Waals surface area contributed by atoms with Gasteiger partial charge in [0.1, 0.15) is 5.75 Å². The first kappa shape index (κ1) is 28.8. The normalized spacial score (nSPS) is 24.8. The fourth-order valence-corrected chi connectivity index (χ4v) is 6.41. The summed E-state index contributed by atoms with van der Waals surface area (Å²) >= 11 is 0. The molecule has 8 nitrogen and oxygen atoms in total. The van der Waals surface area contributed by atoms with Crippen LogP contribution in [0.5, 0.6) is 5.75 Å². The van der Waals surface area contributed by atoms with Crippen molar-refractivity contribution in [2.45, 2.75) is 77.3 Å². The van der Waals surface area contributed by atoms with Gasteiger partial charge in [-0.05, 0) is 81.0 Å². The number of fused-ring (bicyclic) bond motifs is 1. The van der Waals surface area contributed by atoms with Crippen LogP contribution in [0.25, 0.3) is 0 Å². The van der Waals surface area contributed by atoms with Crippen LogP contribution in [0.3, 0.4) is 0 Å². The lowest BCUT2D eigenvalue weighted by Crippen LogP contribution is -2.64. The van der Waals surface area contributed by atoms with Crippen molar-refractivity contribution in [3.63, 3.8) is 0 Å². The maximum absolute atomic E-state index is 13.5. The number of nitrogens with zero attached hydrogens (tertiary/aromatic N) is 2. The first-order valence-electron chi connectivity index (χ1n) is 14.1. The molecule has 210 valence electrons. The van der Waals surface area contributed by atoms with E-state index in [1.165, 1.54) is 5.56 Å². The minimum absolute atomic E-state index is 0.0857. The maximum Gasteiger partial charge on any atom is 0.252 e. The van der Waals surface area contributed by atoms with E-state index in [4.69, 9.17) is 14.9 Å². The van der Waals surface area contributed by atoms with Crippen molar-refractivity contribution >= 4 is 23.2 Å². The summed E-state index contributed by atoms with van der Waals surface area (Å²) in [7, 11) is 0. The molecule has 1 fully saturated rings. The van der Waals surface area contributed by atoms with Gasteiger partial charge in [-0.1, -0.05) is 45.4 Å². The fraction of sp³-hybridized carbons (Fsp3) is 0.516. The Balaban J connectivity index is 1.45. The van der Waals surface area contributed by atoms with Crippen molar-refractivity contribution in [3.05, 3.63) is 59.7 Å². The number of nitrogens with one attached hydrogen (secondary N) is 2. The van der Waals surface area contributed by atoms with Crippen molar-refractivity contribution in [1.82, 2.24) is 15.7 Å². The molecular weight excluding hydrogens is 492 g/mol. The number of rotatable bonds is 10. The first-order valence-corrected chi connectivity index (χ1v) is 14.1. The third kappa shape index (κ3) is 6.50. The minimum Gasteiger partial charge on any atom is -0.493 e. The third-order valence-electron chi connectivity index (χ3n) is 8.21. The fourth-order valence-electron chi connectivity index (χ4n) is 6.41. The average Bonchev–Trinajstić information content (AvgIpc) is 2.92. The largest absolute Gasteiger partial charge is 0.493 e. The van der Waals surface area contributed by atoms with Crippen molar-refractivity contribution in [1.29, 1.82) is 0 Å². The van der Waals surface area contributed by atoms with E-state index in [1.807, 2.05) is 42.5 Å². The number of hydroxylamine groups is 1. The van der Waals surface area contributed by atoms with Crippen LogP contribution < -0.4 is 15.5 Å². The molecule has 2 aromatic rings. The number of hydrogen-bond donors (Lipinski definition) is 3. The van der Waals surface area contributed by atoms with Crippen LogP contribution in [0.2, 0.25) is 0 Å². The average molecular weight is 535 g/mol. The van der Waals surface area contributed by atoms with Crippen molar-refractivity contribution in [2.24, 2.45) is 10.9 Å². The van der Waals surface area contributed by atoms with Crippen LogP contribution in [0.1, 0.15) is 82.1 Å². The van der Waals surface area contributed by atoms with Crippen molar-refractivity contribution in [3.8, 4) is 5.75 Å². The van der Waals surface area contributed by atoms with Crippen molar-refractivity contribution in [2.75, 3.05) is 19.7 Å². The number of para-hydroxylation sites is 1. The Hall–Kier alpha value is -3.23. The zero-order valence-electron chi connectivity index (χ0n) is 23.6. The number of likely N-dealkylation sites (tertiary alicyclic amines) is 1. The first-order chi connectivity index (χ1) is 18.7. The van der Waals surface area contributed by atoms with E-state index in [1.54, 1.807) is 5.48 Å². The monoisotopic (exact) mass is 534 g/mol. The summed E-state index contributed by atoms with van der Waals surface area (Å²) in [5.74, 6) is 0.283. The molecule has 0 saturated carbocycles. The lowest BCUT2D eigenvalue weighted by atomic mass is 9.76. The van der Waals surface area contributed by atoms with E-state index in [9.17, 15) is 9.59 Å². The van der Waals surface area contributed by atoms with Gasteiger partial charge in [-0.2, -0.15) is 0 Å². The van der Waals surface area contributed by atoms with Gasteiger partial charge in [-0.3, -0.25) is 24.7 Å². The molecule has 0 aromatic heterocycles. The van der Waals surface area contributed by atoms with Crippen LogP contribution in [0.15, 0.2) is 53.5 Å². The Morgan fingerprint density at radius 2 is 1.90 bits per heavy atom. The molecule has 2 aliphatic rings. The zero-order chi connectivity index (χ0) is 28.0.